The first-order chi connectivity index (χ1) is 14.3. The van der Waals surface area contributed by atoms with Gasteiger partial charge in [0, 0.05) is 61.6 Å². The Bertz CT molecular complexity index is 853. The predicted octanol–water partition coefficient (Wildman–Crippen LogP) is 1.96. The number of thiophene rings is 1. The van der Waals surface area contributed by atoms with Crippen molar-refractivity contribution in [2.75, 3.05) is 70.7 Å². The van der Waals surface area contributed by atoms with Gasteiger partial charge in [0.1, 0.15) is 12.3 Å². The zero-order valence-corrected chi connectivity index (χ0v) is 19.5. The summed E-state index contributed by atoms with van der Waals surface area (Å²) in [4.78, 5) is 23.1. The molecule has 1 saturated heterocycles. The molecule has 1 N–H and O–H groups in total. The lowest BCUT2D eigenvalue weighted by atomic mass is 10.2. The molecule has 0 bridgehead atoms. The van der Waals surface area contributed by atoms with Crippen LogP contribution in [0.25, 0.3) is 0 Å². The smallest absolute Gasteiger partial charge is 0.254 e. The third-order valence-corrected chi connectivity index (χ3v) is 7.02. The number of hydrogen-bond donors (Lipinski definition) is 1. The molecule has 1 fully saturated rings. The minimum absolute atomic E-state index is 0.197. The Hall–Kier alpha value is -1.85. The van der Waals surface area contributed by atoms with Gasteiger partial charge in [-0.05, 0) is 21.1 Å². The summed E-state index contributed by atoms with van der Waals surface area (Å²) in [7, 11) is 6.11. The van der Waals surface area contributed by atoms with Gasteiger partial charge in [0.15, 0.2) is 10.6 Å². The lowest BCUT2D eigenvalue weighted by molar-refractivity contribution is -0.114. The minimum Gasteiger partial charge on any atom is -0.605 e. The minimum atomic E-state index is -1.52. The number of carbonyl (C=O) groups is 1. The molecule has 1 aliphatic heterocycles. The second-order valence-corrected chi connectivity index (χ2v) is 9.67. The number of anilines is 2. The molecule has 0 spiro atoms. The second kappa shape index (κ2) is 10.5. The number of likely N-dealkylation sites (N-methyl/N-ethyl adjacent to an activating group) is 2. The van der Waals surface area contributed by atoms with Crippen molar-refractivity contribution in [3.05, 3.63) is 23.0 Å². The van der Waals surface area contributed by atoms with E-state index in [0.29, 0.717) is 28.0 Å². The molecule has 1 unspecified atom stereocenters. The topological polar surface area (TPSA) is 84.0 Å². The summed E-state index contributed by atoms with van der Waals surface area (Å²) in [6, 6.07) is 1.77. The number of piperazine rings is 1. The highest BCUT2D eigenvalue weighted by molar-refractivity contribution is 7.91. The molecule has 164 valence electrons. The first kappa shape index (κ1) is 22.8. The average Bonchev–Trinajstić information content (AvgIpc) is 3.15. The molecule has 2 aromatic rings. The molecule has 0 saturated carbocycles. The van der Waals surface area contributed by atoms with Crippen molar-refractivity contribution >= 4 is 39.8 Å². The Balaban J connectivity index is 1.86. The second-order valence-electron chi connectivity index (χ2n) is 7.53. The van der Waals surface area contributed by atoms with Crippen LogP contribution < -0.4 is 15.0 Å². The zero-order chi connectivity index (χ0) is 21.7. The Morgan fingerprint density at radius 3 is 2.73 bits per heavy atom. The number of pyridine rings is 1. The molecule has 2 aromatic heterocycles. The van der Waals surface area contributed by atoms with Crippen molar-refractivity contribution in [1.82, 2.24) is 14.8 Å². The van der Waals surface area contributed by atoms with E-state index >= 15 is 0 Å². The van der Waals surface area contributed by atoms with Crippen molar-refractivity contribution in [1.29, 1.82) is 0 Å². The van der Waals surface area contributed by atoms with E-state index in [2.05, 4.69) is 32.0 Å². The van der Waals surface area contributed by atoms with Crippen molar-refractivity contribution in [2.24, 2.45) is 0 Å². The van der Waals surface area contributed by atoms with Crippen molar-refractivity contribution < 1.29 is 14.1 Å². The Morgan fingerprint density at radius 1 is 1.33 bits per heavy atom. The van der Waals surface area contributed by atoms with Gasteiger partial charge >= 0.3 is 0 Å². The highest BCUT2D eigenvalue weighted by Gasteiger charge is 2.26. The van der Waals surface area contributed by atoms with Crippen LogP contribution in [0.5, 0.6) is 5.75 Å². The van der Waals surface area contributed by atoms with Gasteiger partial charge in [0.05, 0.1) is 18.0 Å². The summed E-state index contributed by atoms with van der Waals surface area (Å²) in [5, 5.41) is 6.71. The summed E-state index contributed by atoms with van der Waals surface area (Å²) < 4.78 is 19.3. The number of nitrogens with one attached hydrogen (secondary N) is 1. The fourth-order valence-corrected chi connectivity index (χ4v) is 5.20. The van der Waals surface area contributed by atoms with E-state index in [1.807, 2.05) is 14.1 Å². The third kappa shape index (κ3) is 5.86. The number of amides is 1. The molecule has 0 aromatic carbocycles. The average molecular weight is 452 g/mol. The van der Waals surface area contributed by atoms with Crippen molar-refractivity contribution in [2.45, 2.75) is 16.8 Å². The molecule has 3 rings (SSSR count). The van der Waals surface area contributed by atoms with E-state index in [9.17, 15) is 9.35 Å². The largest absolute Gasteiger partial charge is 0.605 e. The first-order valence-electron chi connectivity index (χ1n) is 9.81. The summed E-state index contributed by atoms with van der Waals surface area (Å²) in [5.74, 6) is 0.494. The standard InChI is InChI=1S/C20H29N5O3S2/c1-15(26)22-16-13-29-14-19(16)30(27)20-11-18(28-10-9-23(2)3)17(12-21-20)25-7-5-24(4)6-8-25/h11-14H,5-10H2,1-4H3,(H,22,26). The lowest BCUT2D eigenvalue weighted by Crippen LogP contribution is -2.44. The van der Waals surface area contributed by atoms with Gasteiger partial charge < -0.3 is 29.3 Å². The molecular formula is C20H29N5O3S2. The van der Waals surface area contributed by atoms with Crippen LogP contribution in [-0.4, -0.2) is 85.7 Å². The van der Waals surface area contributed by atoms with Crippen molar-refractivity contribution in [3.8, 4) is 5.75 Å². The Kier molecular flexibility index (Phi) is 7.95. The molecule has 1 atom stereocenters. The normalized spacial score (nSPS) is 16.0. The molecule has 0 aliphatic carbocycles. The maximum Gasteiger partial charge on any atom is 0.254 e. The molecule has 1 aliphatic rings. The van der Waals surface area contributed by atoms with Crippen LogP contribution in [0.15, 0.2) is 32.9 Å². The lowest BCUT2D eigenvalue weighted by Gasteiger charge is -2.34. The Labute approximate surface area is 185 Å². The fraction of sp³-hybridized carbons (Fsp3) is 0.500. The number of nitrogens with zero attached hydrogens (tertiary/aromatic N) is 4. The molecule has 10 heteroatoms. The van der Waals surface area contributed by atoms with Gasteiger partial charge in [-0.3, -0.25) is 4.79 Å². The predicted molar refractivity (Wildman–Crippen MR) is 121 cm³/mol. The molecule has 1 amide bonds. The van der Waals surface area contributed by atoms with E-state index in [-0.39, 0.29) is 5.91 Å². The summed E-state index contributed by atoms with van der Waals surface area (Å²) in [5.41, 5.74) is 1.49. The van der Waals surface area contributed by atoms with Crippen LogP contribution in [0.3, 0.4) is 0 Å². The molecule has 0 radical (unpaired) electrons. The monoisotopic (exact) mass is 451 g/mol. The van der Waals surface area contributed by atoms with Crippen LogP contribution in [0.1, 0.15) is 6.92 Å². The van der Waals surface area contributed by atoms with E-state index < -0.39 is 11.2 Å². The molecule has 30 heavy (non-hydrogen) atoms. The SMILES string of the molecule is CC(=O)Nc1cscc1[S+]([O-])c1cc(OCCN(C)C)c(N2CCN(C)CC2)cn1. The number of rotatable bonds is 8. The maximum absolute atomic E-state index is 13.2. The van der Waals surface area contributed by atoms with Gasteiger partial charge in [0.2, 0.25) is 5.91 Å². The summed E-state index contributed by atoms with van der Waals surface area (Å²) >= 11 is -0.126. The summed E-state index contributed by atoms with van der Waals surface area (Å²) in [6.07, 6.45) is 1.76. The van der Waals surface area contributed by atoms with Crippen molar-refractivity contribution in [3.63, 3.8) is 0 Å². The molecular weight excluding hydrogens is 422 g/mol. The van der Waals surface area contributed by atoms with E-state index in [0.717, 1.165) is 38.4 Å². The van der Waals surface area contributed by atoms with Gasteiger partial charge in [0.25, 0.3) is 5.03 Å². The maximum atomic E-state index is 13.2. The molecule has 3 heterocycles. The van der Waals surface area contributed by atoms with Gasteiger partial charge in [-0.2, -0.15) is 0 Å². The highest BCUT2D eigenvalue weighted by Crippen LogP contribution is 2.35. The highest BCUT2D eigenvalue weighted by atomic mass is 32.2. The van der Waals surface area contributed by atoms with E-state index in [1.54, 1.807) is 23.0 Å². The third-order valence-electron chi connectivity index (χ3n) is 4.79. The zero-order valence-electron chi connectivity index (χ0n) is 17.9. The van der Waals surface area contributed by atoms with Crippen LogP contribution in [0.4, 0.5) is 11.4 Å². The van der Waals surface area contributed by atoms with Gasteiger partial charge in [-0.25, -0.2) is 4.98 Å². The fourth-order valence-electron chi connectivity index (χ4n) is 3.07. The first-order valence-corrected chi connectivity index (χ1v) is 11.9. The van der Waals surface area contributed by atoms with Gasteiger partial charge in [-0.1, -0.05) is 0 Å². The van der Waals surface area contributed by atoms with Gasteiger partial charge in [-0.15, -0.1) is 11.3 Å². The van der Waals surface area contributed by atoms with Crippen LogP contribution in [0.2, 0.25) is 0 Å². The van der Waals surface area contributed by atoms with Crippen LogP contribution in [0, 0.1) is 0 Å². The van der Waals surface area contributed by atoms with E-state index in [4.69, 9.17) is 4.74 Å². The van der Waals surface area contributed by atoms with Crippen LogP contribution in [-0.2, 0) is 16.0 Å². The van der Waals surface area contributed by atoms with Crippen LogP contribution >= 0.6 is 11.3 Å². The van der Waals surface area contributed by atoms with E-state index in [1.165, 1.54) is 18.3 Å². The quantitative estimate of drug-likeness (QED) is 0.614. The summed E-state index contributed by atoms with van der Waals surface area (Å²) in [6.45, 7) is 6.47. The number of ether oxygens (including phenoxy) is 1. The number of carbonyl (C=O) groups excluding carboxylic acids is 1. The molecule has 8 nitrogen and oxygen atoms in total. The number of hydrogen-bond acceptors (Lipinski definition) is 8. The number of aromatic nitrogens is 1. The Morgan fingerprint density at radius 2 is 2.07 bits per heavy atom.